The van der Waals surface area contributed by atoms with E-state index in [4.69, 9.17) is 0 Å². The lowest BCUT2D eigenvalue weighted by molar-refractivity contribution is -0.133. The van der Waals surface area contributed by atoms with Gasteiger partial charge in [0.1, 0.15) is 5.82 Å². The minimum atomic E-state index is -0.211. The van der Waals surface area contributed by atoms with Crippen molar-refractivity contribution in [3.05, 3.63) is 35.6 Å². The molecule has 0 spiro atoms. The van der Waals surface area contributed by atoms with Gasteiger partial charge in [-0.1, -0.05) is 25.1 Å². The highest BCUT2D eigenvalue weighted by Crippen LogP contribution is 2.31. The Bertz CT molecular complexity index is 538. The van der Waals surface area contributed by atoms with Crippen LogP contribution in [0.25, 0.3) is 0 Å². The third kappa shape index (κ3) is 4.31. The SMILES string of the molecule is CC(CC(=O)N(Cc1ccccc1F)C1CC1)C1CCNCC1. The average molecular weight is 318 g/mol. The number of halogens is 1. The number of hydrogen-bond acceptors (Lipinski definition) is 2. The first-order valence-electron chi connectivity index (χ1n) is 8.88. The maximum Gasteiger partial charge on any atom is 0.223 e. The first kappa shape index (κ1) is 16.4. The van der Waals surface area contributed by atoms with Crippen molar-refractivity contribution in [1.82, 2.24) is 10.2 Å². The van der Waals surface area contributed by atoms with Gasteiger partial charge in [-0.3, -0.25) is 4.79 Å². The number of nitrogens with one attached hydrogen (secondary N) is 1. The highest BCUT2D eigenvalue weighted by molar-refractivity contribution is 5.77. The van der Waals surface area contributed by atoms with Gasteiger partial charge in [0.15, 0.2) is 0 Å². The lowest BCUT2D eigenvalue weighted by atomic mass is 9.84. The Hall–Kier alpha value is -1.42. The summed E-state index contributed by atoms with van der Waals surface area (Å²) in [5.41, 5.74) is 0.627. The Labute approximate surface area is 138 Å². The molecule has 0 bridgehead atoms. The molecule has 1 atom stereocenters. The summed E-state index contributed by atoms with van der Waals surface area (Å²) in [6, 6.07) is 7.12. The summed E-state index contributed by atoms with van der Waals surface area (Å²) in [5.74, 6) is 1.03. The summed E-state index contributed by atoms with van der Waals surface area (Å²) in [6.07, 6.45) is 5.02. The molecule has 1 aliphatic carbocycles. The minimum Gasteiger partial charge on any atom is -0.335 e. The van der Waals surface area contributed by atoms with E-state index in [0.29, 0.717) is 36.4 Å². The molecule has 0 radical (unpaired) electrons. The summed E-state index contributed by atoms with van der Waals surface area (Å²) in [6.45, 7) is 4.73. The number of carbonyl (C=O) groups is 1. The maximum atomic E-state index is 13.9. The smallest absolute Gasteiger partial charge is 0.223 e. The summed E-state index contributed by atoms with van der Waals surface area (Å²) >= 11 is 0. The van der Waals surface area contributed by atoms with Crippen LogP contribution in [-0.4, -0.2) is 29.9 Å². The molecule has 1 aromatic rings. The van der Waals surface area contributed by atoms with Crippen molar-refractivity contribution in [3.8, 4) is 0 Å². The highest BCUT2D eigenvalue weighted by Gasteiger charge is 2.34. The Morgan fingerprint density at radius 2 is 1.96 bits per heavy atom. The molecule has 1 saturated heterocycles. The molecule has 2 fully saturated rings. The highest BCUT2D eigenvalue weighted by atomic mass is 19.1. The van der Waals surface area contributed by atoms with Crippen molar-refractivity contribution in [2.75, 3.05) is 13.1 Å². The van der Waals surface area contributed by atoms with Gasteiger partial charge in [0.05, 0.1) is 0 Å². The Morgan fingerprint density at radius 3 is 2.61 bits per heavy atom. The predicted molar refractivity (Wildman–Crippen MR) is 89.3 cm³/mol. The fourth-order valence-corrected chi connectivity index (χ4v) is 3.59. The fraction of sp³-hybridized carbons (Fsp3) is 0.632. The van der Waals surface area contributed by atoms with Crippen molar-refractivity contribution >= 4 is 5.91 Å². The molecule has 23 heavy (non-hydrogen) atoms. The third-order valence-electron chi connectivity index (χ3n) is 5.29. The van der Waals surface area contributed by atoms with Gasteiger partial charge in [-0.2, -0.15) is 0 Å². The second kappa shape index (κ2) is 7.43. The van der Waals surface area contributed by atoms with Crippen LogP contribution >= 0.6 is 0 Å². The van der Waals surface area contributed by atoms with E-state index in [9.17, 15) is 9.18 Å². The second-order valence-electron chi connectivity index (χ2n) is 7.11. The molecule has 4 heteroatoms. The van der Waals surface area contributed by atoms with E-state index in [1.54, 1.807) is 12.1 Å². The largest absolute Gasteiger partial charge is 0.335 e. The molecule has 3 nitrogen and oxygen atoms in total. The van der Waals surface area contributed by atoms with E-state index in [-0.39, 0.29) is 11.7 Å². The zero-order valence-electron chi connectivity index (χ0n) is 13.9. The zero-order chi connectivity index (χ0) is 16.2. The van der Waals surface area contributed by atoms with E-state index >= 15 is 0 Å². The quantitative estimate of drug-likeness (QED) is 0.872. The lowest BCUT2D eigenvalue weighted by Gasteiger charge is -2.30. The lowest BCUT2D eigenvalue weighted by Crippen LogP contribution is -2.36. The van der Waals surface area contributed by atoms with Gasteiger partial charge in [-0.25, -0.2) is 4.39 Å². The van der Waals surface area contributed by atoms with Gasteiger partial charge in [-0.05, 0) is 56.7 Å². The Balaban J connectivity index is 1.61. The number of benzene rings is 1. The normalized spacial score (nSPS) is 20.3. The van der Waals surface area contributed by atoms with Gasteiger partial charge < -0.3 is 10.2 Å². The van der Waals surface area contributed by atoms with Gasteiger partial charge in [0.2, 0.25) is 5.91 Å². The molecule has 2 aliphatic rings. The van der Waals surface area contributed by atoms with Crippen LogP contribution in [0.2, 0.25) is 0 Å². The molecule has 0 aromatic heterocycles. The van der Waals surface area contributed by atoms with E-state index in [1.807, 2.05) is 11.0 Å². The van der Waals surface area contributed by atoms with Crippen molar-refractivity contribution in [3.63, 3.8) is 0 Å². The Kier molecular flexibility index (Phi) is 5.31. The van der Waals surface area contributed by atoms with E-state index in [0.717, 1.165) is 38.8 Å². The van der Waals surface area contributed by atoms with Crippen LogP contribution in [-0.2, 0) is 11.3 Å². The number of carbonyl (C=O) groups excluding carboxylic acids is 1. The molecule has 1 amide bonds. The van der Waals surface area contributed by atoms with Gasteiger partial charge in [-0.15, -0.1) is 0 Å². The maximum absolute atomic E-state index is 13.9. The molecule has 3 rings (SSSR count). The number of nitrogens with zero attached hydrogens (tertiary/aromatic N) is 1. The van der Waals surface area contributed by atoms with Crippen LogP contribution in [0.4, 0.5) is 4.39 Å². The first-order chi connectivity index (χ1) is 11.1. The second-order valence-corrected chi connectivity index (χ2v) is 7.11. The summed E-state index contributed by atoms with van der Waals surface area (Å²) in [5, 5.41) is 3.38. The van der Waals surface area contributed by atoms with Crippen molar-refractivity contribution < 1.29 is 9.18 Å². The molecule has 1 heterocycles. The van der Waals surface area contributed by atoms with Crippen LogP contribution in [0.1, 0.15) is 44.6 Å². The number of piperidine rings is 1. The van der Waals surface area contributed by atoms with E-state index in [1.165, 1.54) is 6.07 Å². The van der Waals surface area contributed by atoms with Crippen molar-refractivity contribution in [1.29, 1.82) is 0 Å². The molecular formula is C19H27FN2O. The molecule has 1 N–H and O–H groups in total. The molecule has 1 aliphatic heterocycles. The molecule has 1 unspecified atom stereocenters. The van der Waals surface area contributed by atoms with Gasteiger partial charge in [0.25, 0.3) is 0 Å². The zero-order valence-corrected chi connectivity index (χ0v) is 13.9. The fourth-order valence-electron chi connectivity index (χ4n) is 3.59. The number of amides is 1. The van der Waals surface area contributed by atoms with Gasteiger partial charge in [0, 0.05) is 24.6 Å². The monoisotopic (exact) mass is 318 g/mol. The molecular weight excluding hydrogens is 291 g/mol. The number of hydrogen-bond donors (Lipinski definition) is 1. The Morgan fingerprint density at radius 1 is 1.26 bits per heavy atom. The van der Waals surface area contributed by atoms with E-state index in [2.05, 4.69) is 12.2 Å². The molecule has 1 aromatic carbocycles. The van der Waals surface area contributed by atoms with E-state index < -0.39 is 0 Å². The van der Waals surface area contributed by atoms with Crippen LogP contribution in [0.15, 0.2) is 24.3 Å². The van der Waals surface area contributed by atoms with Crippen molar-refractivity contribution in [2.24, 2.45) is 11.8 Å². The molecule has 126 valence electrons. The van der Waals surface area contributed by atoms with Gasteiger partial charge >= 0.3 is 0 Å². The third-order valence-corrected chi connectivity index (χ3v) is 5.29. The van der Waals surface area contributed by atoms with Crippen LogP contribution < -0.4 is 5.32 Å². The predicted octanol–water partition coefficient (Wildman–Crippen LogP) is 3.34. The summed E-state index contributed by atoms with van der Waals surface area (Å²) in [4.78, 5) is 14.7. The summed E-state index contributed by atoms with van der Waals surface area (Å²) < 4.78 is 13.9. The van der Waals surface area contributed by atoms with Crippen molar-refractivity contribution in [2.45, 2.75) is 51.6 Å². The first-order valence-corrected chi connectivity index (χ1v) is 8.88. The average Bonchev–Trinajstić information content (AvgIpc) is 3.39. The number of rotatable bonds is 6. The van der Waals surface area contributed by atoms with Crippen LogP contribution in [0, 0.1) is 17.7 Å². The molecule has 1 saturated carbocycles. The minimum absolute atomic E-state index is 0.196. The van der Waals surface area contributed by atoms with Crippen LogP contribution in [0.3, 0.4) is 0 Å². The van der Waals surface area contributed by atoms with Crippen LogP contribution in [0.5, 0.6) is 0 Å². The summed E-state index contributed by atoms with van der Waals surface area (Å²) in [7, 11) is 0. The topological polar surface area (TPSA) is 32.3 Å². The standard InChI is InChI=1S/C19H27FN2O/c1-14(15-8-10-21-11-9-15)12-19(23)22(17-6-7-17)13-16-4-2-3-5-18(16)20/h2-5,14-15,17,21H,6-13H2,1H3.